The quantitative estimate of drug-likeness (QED) is 0.769. The third-order valence-electron chi connectivity index (χ3n) is 3.22. The van der Waals surface area contributed by atoms with Crippen LogP contribution in [0.3, 0.4) is 0 Å². The maximum Gasteiger partial charge on any atom is 0.0590 e. The fourth-order valence-electron chi connectivity index (χ4n) is 2.41. The summed E-state index contributed by atoms with van der Waals surface area (Å²) in [5.74, 6) is 0. The SMILES string of the molecule is CCOCCNC1CCc2cc(C)ccc21. The lowest BCUT2D eigenvalue weighted by Gasteiger charge is -2.14. The van der Waals surface area contributed by atoms with Gasteiger partial charge in [-0.15, -0.1) is 0 Å². The van der Waals surface area contributed by atoms with Gasteiger partial charge in [-0.05, 0) is 37.8 Å². The van der Waals surface area contributed by atoms with E-state index < -0.39 is 0 Å². The van der Waals surface area contributed by atoms with E-state index in [2.05, 4.69) is 30.4 Å². The lowest BCUT2D eigenvalue weighted by Crippen LogP contribution is -2.23. The second-order valence-electron chi connectivity index (χ2n) is 4.44. The van der Waals surface area contributed by atoms with E-state index in [9.17, 15) is 0 Å². The molecule has 2 heteroatoms. The maximum absolute atomic E-state index is 5.34. The molecule has 0 aliphatic heterocycles. The molecule has 1 N–H and O–H groups in total. The first-order valence-electron chi connectivity index (χ1n) is 6.22. The fourth-order valence-corrected chi connectivity index (χ4v) is 2.41. The highest BCUT2D eigenvalue weighted by atomic mass is 16.5. The van der Waals surface area contributed by atoms with Crippen LogP contribution in [0.15, 0.2) is 18.2 Å². The van der Waals surface area contributed by atoms with Gasteiger partial charge in [-0.25, -0.2) is 0 Å². The molecule has 0 amide bonds. The standard InChI is InChI=1S/C14H21NO/c1-3-16-9-8-15-14-7-5-12-10-11(2)4-6-13(12)14/h4,6,10,14-15H,3,5,7-9H2,1-2H3. The molecular formula is C14H21NO. The molecule has 88 valence electrons. The molecule has 1 aliphatic rings. The number of hydrogen-bond donors (Lipinski definition) is 1. The summed E-state index contributed by atoms with van der Waals surface area (Å²) < 4.78 is 5.34. The molecule has 0 bridgehead atoms. The smallest absolute Gasteiger partial charge is 0.0590 e. The molecule has 0 fully saturated rings. The molecule has 0 saturated heterocycles. The van der Waals surface area contributed by atoms with Crippen LogP contribution in [0, 0.1) is 6.92 Å². The number of fused-ring (bicyclic) bond motifs is 1. The van der Waals surface area contributed by atoms with Gasteiger partial charge in [0.1, 0.15) is 0 Å². The van der Waals surface area contributed by atoms with E-state index in [0.717, 1.165) is 19.8 Å². The first-order chi connectivity index (χ1) is 7.81. The zero-order chi connectivity index (χ0) is 11.4. The van der Waals surface area contributed by atoms with Crippen LogP contribution >= 0.6 is 0 Å². The van der Waals surface area contributed by atoms with Gasteiger partial charge >= 0.3 is 0 Å². The van der Waals surface area contributed by atoms with Gasteiger partial charge in [0.05, 0.1) is 6.61 Å². The van der Waals surface area contributed by atoms with Crippen molar-refractivity contribution < 1.29 is 4.74 Å². The highest BCUT2D eigenvalue weighted by Crippen LogP contribution is 2.31. The van der Waals surface area contributed by atoms with Gasteiger partial charge in [0, 0.05) is 19.2 Å². The molecule has 0 heterocycles. The normalized spacial score (nSPS) is 18.8. The Morgan fingerprint density at radius 2 is 2.31 bits per heavy atom. The number of rotatable bonds is 5. The zero-order valence-electron chi connectivity index (χ0n) is 10.3. The second kappa shape index (κ2) is 5.46. The Kier molecular flexibility index (Phi) is 3.97. The summed E-state index contributed by atoms with van der Waals surface area (Å²) in [4.78, 5) is 0. The molecule has 1 aromatic rings. The van der Waals surface area contributed by atoms with Crippen molar-refractivity contribution in [3.8, 4) is 0 Å². The molecule has 1 unspecified atom stereocenters. The summed E-state index contributed by atoms with van der Waals surface area (Å²) in [6.45, 7) is 6.77. The molecule has 1 atom stereocenters. The molecule has 2 rings (SSSR count). The number of aryl methyl sites for hydroxylation is 2. The fraction of sp³-hybridized carbons (Fsp3) is 0.571. The maximum atomic E-state index is 5.34. The van der Waals surface area contributed by atoms with Gasteiger partial charge in [-0.2, -0.15) is 0 Å². The molecule has 0 saturated carbocycles. The van der Waals surface area contributed by atoms with Gasteiger partial charge in [-0.1, -0.05) is 23.8 Å². The van der Waals surface area contributed by atoms with E-state index in [4.69, 9.17) is 4.74 Å². The van der Waals surface area contributed by atoms with E-state index in [1.54, 1.807) is 0 Å². The average Bonchev–Trinajstić information content (AvgIpc) is 2.67. The Morgan fingerprint density at radius 3 is 3.12 bits per heavy atom. The molecule has 0 radical (unpaired) electrons. The number of nitrogens with one attached hydrogen (secondary N) is 1. The van der Waals surface area contributed by atoms with Crippen LogP contribution in [0.2, 0.25) is 0 Å². The third-order valence-corrected chi connectivity index (χ3v) is 3.22. The summed E-state index contributed by atoms with van der Waals surface area (Å²) >= 11 is 0. The average molecular weight is 219 g/mol. The Labute approximate surface area is 98.0 Å². The van der Waals surface area contributed by atoms with E-state index in [0.29, 0.717) is 6.04 Å². The van der Waals surface area contributed by atoms with Crippen LogP contribution in [0.4, 0.5) is 0 Å². The van der Waals surface area contributed by atoms with Crippen molar-refractivity contribution >= 4 is 0 Å². The van der Waals surface area contributed by atoms with Crippen molar-refractivity contribution in [1.82, 2.24) is 5.32 Å². The minimum atomic E-state index is 0.538. The van der Waals surface area contributed by atoms with Crippen LogP contribution < -0.4 is 5.32 Å². The minimum Gasteiger partial charge on any atom is -0.380 e. The first-order valence-corrected chi connectivity index (χ1v) is 6.22. The van der Waals surface area contributed by atoms with Crippen molar-refractivity contribution in [2.24, 2.45) is 0 Å². The van der Waals surface area contributed by atoms with E-state index in [-0.39, 0.29) is 0 Å². The number of benzene rings is 1. The van der Waals surface area contributed by atoms with Gasteiger partial charge in [0.25, 0.3) is 0 Å². The van der Waals surface area contributed by atoms with Crippen molar-refractivity contribution in [3.63, 3.8) is 0 Å². The second-order valence-corrected chi connectivity index (χ2v) is 4.44. The number of ether oxygens (including phenoxy) is 1. The monoisotopic (exact) mass is 219 g/mol. The molecular weight excluding hydrogens is 198 g/mol. The largest absolute Gasteiger partial charge is 0.380 e. The highest BCUT2D eigenvalue weighted by molar-refractivity contribution is 5.37. The van der Waals surface area contributed by atoms with Crippen LogP contribution in [-0.4, -0.2) is 19.8 Å². The Balaban J connectivity index is 1.91. The Bertz CT molecular complexity index is 349. The molecule has 0 spiro atoms. The van der Waals surface area contributed by atoms with Crippen molar-refractivity contribution in [3.05, 3.63) is 34.9 Å². The minimum absolute atomic E-state index is 0.538. The molecule has 1 aromatic carbocycles. The Morgan fingerprint density at radius 1 is 1.44 bits per heavy atom. The van der Waals surface area contributed by atoms with Crippen LogP contribution in [0.1, 0.15) is 36.1 Å². The van der Waals surface area contributed by atoms with E-state index in [1.165, 1.54) is 29.5 Å². The predicted molar refractivity (Wildman–Crippen MR) is 66.7 cm³/mol. The topological polar surface area (TPSA) is 21.3 Å². The van der Waals surface area contributed by atoms with E-state index >= 15 is 0 Å². The summed E-state index contributed by atoms with van der Waals surface area (Å²) in [5, 5.41) is 3.57. The van der Waals surface area contributed by atoms with E-state index in [1.807, 2.05) is 6.92 Å². The Hall–Kier alpha value is -0.860. The van der Waals surface area contributed by atoms with Gasteiger partial charge in [0.2, 0.25) is 0 Å². The molecule has 1 aliphatic carbocycles. The summed E-state index contributed by atoms with van der Waals surface area (Å²) in [6.07, 6.45) is 2.44. The van der Waals surface area contributed by atoms with Crippen LogP contribution in [-0.2, 0) is 11.2 Å². The van der Waals surface area contributed by atoms with Gasteiger partial charge in [0.15, 0.2) is 0 Å². The molecule has 16 heavy (non-hydrogen) atoms. The van der Waals surface area contributed by atoms with Crippen LogP contribution in [0.25, 0.3) is 0 Å². The van der Waals surface area contributed by atoms with Crippen molar-refractivity contribution in [2.75, 3.05) is 19.8 Å². The lowest BCUT2D eigenvalue weighted by atomic mass is 10.1. The lowest BCUT2D eigenvalue weighted by molar-refractivity contribution is 0.147. The predicted octanol–water partition coefficient (Wildman–Crippen LogP) is 2.61. The summed E-state index contributed by atoms with van der Waals surface area (Å²) in [7, 11) is 0. The molecule has 2 nitrogen and oxygen atoms in total. The first kappa shape index (κ1) is 11.6. The van der Waals surface area contributed by atoms with Gasteiger partial charge < -0.3 is 10.1 Å². The summed E-state index contributed by atoms with van der Waals surface area (Å²) in [6, 6.07) is 7.34. The third kappa shape index (κ3) is 2.63. The van der Waals surface area contributed by atoms with Crippen molar-refractivity contribution in [1.29, 1.82) is 0 Å². The molecule has 0 aromatic heterocycles. The zero-order valence-corrected chi connectivity index (χ0v) is 10.3. The number of hydrogen-bond acceptors (Lipinski definition) is 2. The van der Waals surface area contributed by atoms with Gasteiger partial charge in [-0.3, -0.25) is 0 Å². The summed E-state index contributed by atoms with van der Waals surface area (Å²) in [5.41, 5.74) is 4.38. The van der Waals surface area contributed by atoms with Crippen molar-refractivity contribution in [2.45, 2.75) is 32.7 Å². The van der Waals surface area contributed by atoms with Crippen LogP contribution in [0.5, 0.6) is 0 Å². The highest BCUT2D eigenvalue weighted by Gasteiger charge is 2.21.